The van der Waals surface area contributed by atoms with E-state index in [1.165, 1.54) is 5.56 Å². The molecule has 0 bridgehead atoms. The molecule has 1 aliphatic rings. The lowest BCUT2D eigenvalue weighted by atomic mass is 10.0. The quantitative estimate of drug-likeness (QED) is 0.660. The van der Waals surface area contributed by atoms with Gasteiger partial charge in [-0.25, -0.2) is 0 Å². The fraction of sp³-hybridized carbons (Fsp3) is 0.278. The average molecular weight is 280 g/mol. The zero-order valence-electron chi connectivity index (χ0n) is 12.2. The van der Waals surface area contributed by atoms with Crippen molar-refractivity contribution in [3.05, 3.63) is 65.7 Å². The maximum atomic E-state index is 9.27. The molecule has 1 unspecified atom stereocenters. The second-order valence-corrected chi connectivity index (χ2v) is 5.45. The number of nitrogens with zero attached hydrogens (tertiary/aromatic N) is 2. The largest absolute Gasteiger partial charge is 0.411 e. The molecule has 0 aromatic heterocycles. The predicted molar refractivity (Wildman–Crippen MR) is 86.2 cm³/mol. The number of hydrogen-bond donors (Lipinski definition) is 1. The highest BCUT2D eigenvalue weighted by atomic mass is 16.4. The van der Waals surface area contributed by atoms with Gasteiger partial charge in [-0.1, -0.05) is 53.7 Å². The van der Waals surface area contributed by atoms with Gasteiger partial charge in [0.05, 0.1) is 11.8 Å². The lowest BCUT2D eigenvalue weighted by Crippen LogP contribution is -2.27. The van der Waals surface area contributed by atoms with E-state index in [9.17, 15) is 5.21 Å². The molecular weight excluding hydrogens is 260 g/mol. The Morgan fingerprint density at radius 2 is 1.76 bits per heavy atom. The Bertz CT molecular complexity index is 637. The van der Waals surface area contributed by atoms with E-state index >= 15 is 0 Å². The molecule has 2 aromatic carbocycles. The number of rotatable bonds is 2. The second kappa shape index (κ2) is 6.00. The Morgan fingerprint density at radius 3 is 2.52 bits per heavy atom. The first-order valence-electron chi connectivity index (χ1n) is 7.43. The Morgan fingerprint density at radius 1 is 1.05 bits per heavy atom. The Hall–Kier alpha value is -2.29. The molecule has 0 saturated heterocycles. The topological polar surface area (TPSA) is 35.8 Å². The third kappa shape index (κ3) is 2.64. The molecule has 1 atom stereocenters. The summed E-state index contributed by atoms with van der Waals surface area (Å²) >= 11 is 0. The molecular formula is C18H20N2O. The van der Waals surface area contributed by atoms with Crippen LogP contribution in [-0.4, -0.2) is 17.5 Å². The fourth-order valence-electron chi connectivity index (χ4n) is 3.06. The minimum atomic E-state index is 0.297. The van der Waals surface area contributed by atoms with Crippen LogP contribution in [0, 0.1) is 0 Å². The number of hydrogen-bond acceptors (Lipinski definition) is 3. The molecule has 3 heteroatoms. The van der Waals surface area contributed by atoms with Crippen molar-refractivity contribution < 1.29 is 5.21 Å². The monoisotopic (exact) mass is 280 g/mol. The summed E-state index contributed by atoms with van der Waals surface area (Å²) in [6.07, 6.45) is 1.80. The lowest BCUT2D eigenvalue weighted by Gasteiger charge is -2.31. The zero-order chi connectivity index (χ0) is 14.7. The van der Waals surface area contributed by atoms with Crippen LogP contribution in [0.4, 0.5) is 5.69 Å². The molecule has 1 N–H and O–H groups in total. The minimum absolute atomic E-state index is 0.297. The summed E-state index contributed by atoms with van der Waals surface area (Å²) in [5.74, 6) is 0. The maximum absolute atomic E-state index is 9.27. The molecule has 1 heterocycles. The van der Waals surface area contributed by atoms with Gasteiger partial charge in [-0.05, 0) is 31.4 Å². The number of fused-ring (bicyclic) bond motifs is 1. The average Bonchev–Trinajstić information content (AvgIpc) is 2.74. The number of para-hydroxylation sites is 1. The van der Waals surface area contributed by atoms with Crippen LogP contribution in [0.25, 0.3) is 0 Å². The summed E-state index contributed by atoms with van der Waals surface area (Å²) in [5, 5.41) is 12.8. The van der Waals surface area contributed by atoms with E-state index in [1.807, 2.05) is 24.3 Å². The first-order valence-corrected chi connectivity index (χ1v) is 7.43. The Labute approximate surface area is 125 Å². The van der Waals surface area contributed by atoms with Crippen molar-refractivity contribution in [2.75, 3.05) is 11.4 Å². The number of benzene rings is 2. The van der Waals surface area contributed by atoms with Gasteiger partial charge in [0.15, 0.2) is 0 Å². The molecule has 3 rings (SSSR count). The molecule has 108 valence electrons. The van der Waals surface area contributed by atoms with Crippen LogP contribution in [0.1, 0.15) is 36.9 Å². The van der Waals surface area contributed by atoms with E-state index in [0.717, 1.165) is 36.3 Å². The van der Waals surface area contributed by atoms with Gasteiger partial charge in [-0.2, -0.15) is 0 Å². The Kier molecular flexibility index (Phi) is 3.91. The lowest BCUT2D eigenvalue weighted by molar-refractivity contribution is 0.318. The van der Waals surface area contributed by atoms with Crippen LogP contribution in [0.2, 0.25) is 0 Å². The van der Waals surface area contributed by atoms with Crippen LogP contribution in [0.5, 0.6) is 0 Å². The number of anilines is 1. The van der Waals surface area contributed by atoms with Crippen LogP contribution >= 0.6 is 0 Å². The minimum Gasteiger partial charge on any atom is -0.411 e. The molecule has 3 nitrogen and oxygen atoms in total. The van der Waals surface area contributed by atoms with E-state index in [-0.39, 0.29) is 0 Å². The van der Waals surface area contributed by atoms with Gasteiger partial charge in [-0.3, -0.25) is 0 Å². The molecule has 0 radical (unpaired) electrons. The van der Waals surface area contributed by atoms with E-state index in [4.69, 9.17) is 0 Å². The van der Waals surface area contributed by atoms with Crippen molar-refractivity contribution in [3.63, 3.8) is 0 Å². The highest BCUT2D eigenvalue weighted by Gasteiger charge is 2.23. The molecule has 0 fully saturated rings. The maximum Gasteiger partial charge on any atom is 0.0889 e. The SMILES string of the molecule is CC(c1ccccc1)N1CCC/C(=N/O)c2ccccc21. The third-order valence-corrected chi connectivity index (χ3v) is 4.21. The molecule has 21 heavy (non-hydrogen) atoms. The van der Waals surface area contributed by atoms with Gasteiger partial charge in [-0.15, -0.1) is 0 Å². The van der Waals surface area contributed by atoms with E-state index in [0.29, 0.717) is 6.04 Å². The van der Waals surface area contributed by atoms with Crippen molar-refractivity contribution in [2.45, 2.75) is 25.8 Å². The van der Waals surface area contributed by atoms with Crippen molar-refractivity contribution >= 4 is 11.4 Å². The number of oxime groups is 1. The second-order valence-electron chi connectivity index (χ2n) is 5.45. The van der Waals surface area contributed by atoms with E-state index in [2.05, 4.69) is 47.3 Å². The highest BCUT2D eigenvalue weighted by molar-refractivity contribution is 6.05. The Balaban J connectivity index is 2.03. The fourth-order valence-corrected chi connectivity index (χ4v) is 3.06. The van der Waals surface area contributed by atoms with Crippen molar-refractivity contribution in [1.82, 2.24) is 0 Å². The predicted octanol–water partition coefficient (Wildman–Crippen LogP) is 4.23. The van der Waals surface area contributed by atoms with Crippen molar-refractivity contribution in [3.8, 4) is 0 Å². The highest BCUT2D eigenvalue weighted by Crippen LogP contribution is 2.33. The van der Waals surface area contributed by atoms with E-state index in [1.54, 1.807) is 0 Å². The summed E-state index contributed by atoms with van der Waals surface area (Å²) in [6.45, 7) is 3.19. The molecule has 0 saturated carbocycles. The van der Waals surface area contributed by atoms with Gasteiger partial charge in [0.1, 0.15) is 0 Å². The van der Waals surface area contributed by atoms with Gasteiger partial charge in [0.25, 0.3) is 0 Å². The normalized spacial score (nSPS) is 18.1. The summed E-state index contributed by atoms with van der Waals surface area (Å²) < 4.78 is 0. The van der Waals surface area contributed by atoms with Gasteiger partial charge < -0.3 is 10.1 Å². The molecule has 2 aromatic rings. The summed E-state index contributed by atoms with van der Waals surface area (Å²) in [6, 6.07) is 19.0. The van der Waals surface area contributed by atoms with Crippen molar-refractivity contribution in [1.29, 1.82) is 0 Å². The van der Waals surface area contributed by atoms with Crippen LogP contribution < -0.4 is 4.90 Å². The molecule has 0 spiro atoms. The standard InChI is InChI=1S/C18H20N2O/c1-14(15-8-3-2-4-9-15)20-13-7-11-17(19-21)16-10-5-6-12-18(16)20/h2-6,8-10,12,14,21H,7,11,13H2,1H3/b19-17-. The van der Waals surface area contributed by atoms with Gasteiger partial charge in [0, 0.05) is 17.8 Å². The zero-order valence-corrected chi connectivity index (χ0v) is 12.2. The van der Waals surface area contributed by atoms with Gasteiger partial charge >= 0.3 is 0 Å². The van der Waals surface area contributed by atoms with Crippen LogP contribution in [0.15, 0.2) is 59.8 Å². The smallest absolute Gasteiger partial charge is 0.0889 e. The molecule has 0 amide bonds. The van der Waals surface area contributed by atoms with E-state index < -0.39 is 0 Å². The summed E-state index contributed by atoms with van der Waals surface area (Å²) in [4.78, 5) is 2.41. The van der Waals surface area contributed by atoms with Crippen LogP contribution in [0.3, 0.4) is 0 Å². The molecule has 0 aliphatic carbocycles. The first kappa shape index (κ1) is 13.7. The third-order valence-electron chi connectivity index (χ3n) is 4.21. The first-order chi connectivity index (χ1) is 10.3. The van der Waals surface area contributed by atoms with Crippen LogP contribution in [-0.2, 0) is 0 Å². The summed E-state index contributed by atoms with van der Waals surface area (Å²) in [5.41, 5.74) is 4.28. The van der Waals surface area contributed by atoms with Gasteiger partial charge in [0.2, 0.25) is 0 Å². The molecule has 1 aliphatic heterocycles. The summed E-state index contributed by atoms with van der Waals surface area (Å²) in [7, 11) is 0. The van der Waals surface area contributed by atoms with Crippen molar-refractivity contribution in [2.24, 2.45) is 5.16 Å².